The van der Waals surface area contributed by atoms with Crippen LogP contribution in [0.2, 0.25) is 0 Å². The summed E-state index contributed by atoms with van der Waals surface area (Å²) < 4.78 is 10.7. The lowest BCUT2D eigenvalue weighted by Crippen LogP contribution is -2.35. The third-order valence-corrected chi connectivity index (χ3v) is 5.26. The van der Waals surface area contributed by atoms with Crippen LogP contribution in [0, 0.1) is 10.1 Å². The third kappa shape index (κ3) is 3.72. The van der Waals surface area contributed by atoms with Gasteiger partial charge in [-0.15, -0.1) is 0 Å². The molecule has 0 aromatic heterocycles. The van der Waals surface area contributed by atoms with E-state index in [-0.39, 0.29) is 11.5 Å². The summed E-state index contributed by atoms with van der Waals surface area (Å²) in [5, 5.41) is 11.6. The van der Waals surface area contributed by atoms with Gasteiger partial charge in [0, 0.05) is 16.3 Å². The van der Waals surface area contributed by atoms with Crippen LogP contribution >= 0.6 is 0 Å². The average Bonchev–Trinajstić information content (AvgIpc) is 2.79. The number of hydrogen-bond acceptors (Lipinski definition) is 5. The molecule has 0 aliphatic carbocycles. The molecule has 0 spiro atoms. The molecule has 3 aromatic carbocycles. The van der Waals surface area contributed by atoms with Crippen molar-refractivity contribution >= 4 is 17.5 Å². The van der Waals surface area contributed by atoms with Gasteiger partial charge >= 0.3 is 0 Å². The summed E-state index contributed by atoms with van der Waals surface area (Å²) in [5.74, 6) is 1.44. The van der Waals surface area contributed by atoms with Gasteiger partial charge in [-0.2, -0.15) is 0 Å². The van der Waals surface area contributed by atoms with Crippen LogP contribution < -0.4 is 14.4 Å². The molecule has 0 radical (unpaired) electrons. The van der Waals surface area contributed by atoms with Gasteiger partial charge in [0.25, 0.3) is 0 Å². The predicted molar refractivity (Wildman–Crippen MR) is 117 cm³/mol. The first-order valence-corrected chi connectivity index (χ1v) is 9.61. The Balaban J connectivity index is 1.93. The zero-order chi connectivity index (χ0) is 21.1. The third-order valence-electron chi connectivity index (χ3n) is 5.26. The summed E-state index contributed by atoms with van der Waals surface area (Å²) in [4.78, 5) is 13.4. The van der Waals surface area contributed by atoms with Crippen molar-refractivity contribution < 1.29 is 14.4 Å². The summed E-state index contributed by atoms with van der Waals surface area (Å²) in [6.07, 6.45) is 2.07. The first kappa shape index (κ1) is 19.5. The Labute approximate surface area is 175 Å². The maximum Gasteiger partial charge on any atom is 0.228 e. The zero-order valence-corrected chi connectivity index (χ0v) is 16.8. The number of ether oxygens (including phenoxy) is 2. The molecule has 1 aliphatic rings. The Kier molecular flexibility index (Phi) is 5.39. The van der Waals surface area contributed by atoms with Gasteiger partial charge in [0.15, 0.2) is 0 Å². The number of fused-ring (bicyclic) bond motifs is 1. The lowest BCUT2D eigenvalue weighted by molar-refractivity contribution is -0.483. The highest BCUT2D eigenvalue weighted by molar-refractivity contribution is 5.94. The minimum Gasteiger partial charge on any atom is -0.497 e. The fourth-order valence-electron chi connectivity index (χ4n) is 3.84. The lowest BCUT2D eigenvalue weighted by atomic mass is 9.90. The minimum atomic E-state index is -0.477. The van der Waals surface area contributed by atoms with Crippen molar-refractivity contribution in [2.45, 2.75) is 6.04 Å². The highest BCUT2D eigenvalue weighted by atomic mass is 16.6. The molecule has 3 aromatic rings. The zero-order valence-electron chi connectivity index (χ0n) is 16.8. The molecule has 6 nitrogen and oxygen atoms in total. The quantitative estimate of drug-likeness (QED) is 0.427. The van der Waals surface area contributed by atoms with Gasteiger partial charge < -0.3 is 14.4 Å². The maximum absolute atomic E-state index is 11.6. The first-order chi connectivity index (χ1) is 14.6. The fraction of sp³-hybridized carbons (Fsp3) is 0.167. The van der Waals surface area contributed by atoms with Gasteiger partial charge in [-0.3, -0.25) is 10.1 Å². The second-order valence-corrected chi connectivity index (χ2v) is 6.99. The summed E-state index contributed by atoms with van der Waals surface area (Å²) >= 11 is 0. The molecular formula is C24H22N2O4. The van der Waals surface area contributed by atoms with Crippen LogP contribution in [0.3, 0.4) is 0 Å². The standard InChI is InChI=1S/C24H22N2O4/c1-29-20-11-8-17(9-12-20)23-14-18-10-13-21(30-2)15-22(18)24(16-25(27)28)26(23)19-6-4-3-5-7-19/h3-15,24H,16H2,1-2H3. The van der Waals surface area contributed by atoms with Crippen molar-refractivity contribution in [2.24, 2.45) is 0 Å². The van der Waals surface area contributed by atoms with E-state index in [4.69, 9.17) is 9.47 Å². The summed E-state index contributed by atoms with van der Waals surface area (Å²) in [5.41, 5.74) is 4.55. The Morgan fingerprint density at radius 3 is 2.23 bits per heavy atom. The number of benzene rings is 3. The van der Waals surface area contributed by atoms with E-state index < -0.39 is 6.04 Å². The molecule has 0 amide bonds. The fourth-order valence-corrected chi connectivity index (χ4v) is 3.84. The van der Waals surface area contributed by atoms with E-state index >= 15 is 0 Å². The highest BCUT2D eigenvalue weighted by Crippen LogP contribution is 2.43. The summed E-state index contributed by atoms with van der Waals surface area (Å²) in [6, 6.07) is 22.7. The molecule has 152 valence electrons. The minimum absolute atomic E-state index is 0.234. The summed E-state index contributed by atoms with van der Waals surface area (Å²) in [7, 11) is 3.22. The summed E-state index contributed by atoms with van der Waals surface area (Å²) in [6.45, 7) is -0.234. The molecule has 1 atom stereocenters. The van der Waals surface area contributed by atoms with Crippen LogP contribution in [0.15, 0.2) is 72.8 Å². The largest absolute Gasteiger partial charge is 0.497 e. The van der Waals surface area contributed by atoms with Crippen molar-refractivity contribution in [2.75, 3.05) is 25.7 Å². The second kappa shape index (κ2) is 8.29. The van der Waals surface area contributed by atoms with E-state index in [1.807, 2.05) is 77.7 Å². The van der Waals surface area contributed by atoms with E-state index in [2.05, 4.69) is 6.08 Å². The van der Waals surface area contributed by atoms with Crippen molar-refractivity contribution in [3.8, 4) is 11.5 Å². The van der Waals surface area contributed by atoms with Crippen molar-refractivity contribution in [3.05, 3.63) is 99.6 Å². The highest BCUT2D eigenvalue weighted by Gasteiger charge is 2.34. The molecule has 0 fully saturated rings. The van der Waals surface area contributed by atoms with Gasteiger partial charge in [-0.1, -0.05) is 24.3 Å². The normalized spacial score (nSPS) is 15.2. The van der Waals surface area contributed by atoms with Crippen molar-refractivity contribution in [1.82, 2.24) is 0 Å². The van der Waals surface area contributed by atoms with Crippen LogP contribution in [0.25, 0.3) is 11.8 Å². The van der Waals surface area contributed by atoms with Crippen LogP contribution in [0.1, 0.15) is 22.7 Å². The van der Waals surface area contributed by atoms with Gasteiger partial charge in [0.05, 0.1) is 14.2 Å². The smallest absolute Gasteiger partial charge is 0.228 e. The molecule has 1 unspecified atom stereocenters. The monoisotopic (exact) mass is 402 g/mol. The van der Waals surface area contributed by atoms with Gasteiger partial charge in [0.2, 0.25) is 6.54 Å². The Hall–Kier alpha value is -3.80. The van der Waals surface area contributed by atoms with E-state index in [1.165, 1.54) is 0 Å². The Morgan fingerprint density at radius 2 is 1.60 bits per heavy atom. The maximum atomic E-state index is 11.6. The molecule has 30 heavy (non-hydrogen) atoms. The molecule has 6 heteroatoms. The lowest BCUT2D eigenvalue weighted by Gasteiger charge is -2.38. The first-order valence-electron chi connectivity index (χ1n) is 9.61. The van der Waals surface area contributed by atoms with Crippen LogP contribution in [0.4, 0.5) is 5.69 Å². The Morgan fingerprint density at radius 1 is 0.933 bits per heavy atom. The molecule has 0 N–H and O–H groups in total. The number of hydrogen-bond donors (Lipinski definition) is 0. The number of nitrogens with zero attached hydrogens (tertiary/aromatic N) is 2. The van der Waals surface area contributed by atoms with Crippen LogP contribution in [-0.4, -0.2) is 25.7 Å². The van der Waals surface area contributed by atoms with Gasteiger partial charge in [0.1, 0.15) is 17.5 Å². The number of rotatable bonds is 6. The van der Waals surface area contributed by atoms with E-state index in [1.54, 1.807) is 14.2 Å². The number of anilines is 1. The number of nitro groups is 1. The number of para-hydroxylation sites is 1. The van der Waals surface area contributed by atoms with Crippen molar-refractivity contribution in [3.63, 3.8) is 0 Å². The molecular weight excluding hydrogens is 380 g/mol. The molecule has 4 rings (SSSR count). The topological polar surface area (TPSA) is 64.8 Å². The van der Waals surface area contributed by atoms with Gasteiger partial charge in [-0.05, 0) is 71.3 Å². The number of methoxy groups -OCH3 is 2. The average molecular weight is 402 g/mol. The van der Waals surface area contributed by atoms with Gasteiger partial charge in [-0.25, -0.2) is 0 Å². The van der Waals surface area contributed by atoms with E-state index in [0.29, 0.717) is 5.75 Å². The SMILES string of the molecule is COc1ccc(C2=Cc3ccc(OC)cc3C(C[N+](=O)[O-])N2c2ccccc2)cc1. The second-order valence-electron chi connectivity index (χ2n) is 6.99. The van der Waals surface area contributed by atoms with E-state index in [0.717, 1.165) is 33.8 Å². The predicted octanol–water partition coefficient (Wildman–Crippen LogP) is 5.04. The van der Waals surface area contributed by atoms with Crippen LogP contribution in [0.5, 0.6) is 11.5 Å². The molecule has 1 heterocycles. The van der Waals surface area contributed by atoms with Crippen molar-refractivity contribution in [1.29, 1.82) is 0 Å². The molecule has 1 aliphatic heterocycles. The van der Waals surface area contributed by atoms with E-state index in [9.17, 15) is 10.1 Å². The molecule has 0 saturated carbocycles. The van der Waals surface area contributed by atoms with Crippen LogP contribution in [-0.2, 0) is 0 Å². The Bertz CT molecular complexity index is 1080. The molecule has 0 bridgehead atoms. The molecule has 0 saturated heterocycles.